The number of hydrogen-bond acceptors (Lipinski definition) is 2. The van der Waals surface area contributed by atoms with Crippen LogP contribution < -0.4 is 5.73 Å². The molecule has 0 bridgehead atoms. The maximum Gasteiger partial charge on any atom is 0.132 e. The third-order valence-electron chi connectivity index (χ3n) is 2.13. The minimum absolute atomic E-state index is 0.168. The molecule has 0 spiro atoms. The Hall–Kier alpha value is -1.06. The fourth-order valence-corrected chi connectivity index (χ4v) is 1.73. The Kier molecular flexibility index (Phi) is 2.44. The predicted molar refractivity (Wildman–Crippen MR) is 58.5 cm³/mol. The summed E-state index contributed by atoms with van der Waals surface area (Å²) in [6, 6.07) is 6.19. The van der Waals surface area contributed by atoms with Gasteiger partial charge in [0.2, 0.25) is 0 Å². The molecule has 1 unspecified atom stereocenters. The highest BCUT2D eigenvalue weighted by molar-refractivity contribution is 6.34. The maximum atomic E-state index is 5.89. The largest absolute Gasteiger partial charge is 0.328 e. The average Bonchev–Trinajstić information content (AvgIpc) is 2.46. The van der Waals surface area contributed by atoms with E-state index in [1.165, 1.54) is 5.56 Å². The van der Waals surface area contributed by atoms with E-state index in [2.05, 4.69) is 10.2 Å². The van der Waals surface area contributed by atoms with E-state index < -0.39 is 0 Å². The normalized spacial score (nSPS) is 13.4. The number of fused-ring (bicyclic) bond motifs is 1. The minimum atomic E-state index is 0.168. The van der Waals surface area contributed by atoms with E-state index in [0.717, 1.165) is 17.3 Å². The van der Waals surface area contributed by atoms with Crippen molar-refractivity contribution in [3.63, 3.8) is 0 Å². The lowest BCUT2D eigenvalue weighted by Crippen LogP contribution is -2.17. The molecule has 0 radical (unpaired) electrons. The van der Waals surface area contributed by atoms with Gasteiger partial charge in [-0.15, -0.1) is 0 Å². The van der Waals surface area contributed by atoms with Crippen LogP contribution in [0.1, 0.15) is 12.5 Å². The number of aromatic nitrogens is 2. The fourth-order valence-electron chi connectivity index (χ4n) is 1.52. The van der Waals surface area contributed by atoms with Crippen LogP contribution in [0.15, 0.2) is 18.2 Å². The first-order chi connectivity index (χ1) is 6.66. The average molecular weight is 210 g/mol. The molecule has 74 valence electrons. The fraction of sp³-hybridized carbons (Fsp3) is 0.300. The number of halogens is 1. The van der Waals surface area contributed by atoms with Crippen molar-refractivity contribution in [2.75, 3.05) is 0 Å². The molecule has 3 N–H and O–H groups in total. The second kappa shape index (κ2) is 3.59. The second-order valence-electron chi connectivity index (χ2n) is 3.57. The van der Waals surface area contributed by atoms with Gasteiger partial charge >= 0.3 is 0 Å². The van der Waals surface area contributed by atoms with Gasteiger partial charge in [0.05, 0.1) is 5.52 Å². The van der Waals surface area contributed by atoms with Gasteiger partial charge < -0.3 is 5.73 Å². The van der Waals surface area contributed by atoms with Gasteiger partial charge in [0.15, 0.2) is 0 Å². The van der Waals surface area contributed by atoms with Crippen LogP contribution in [0.4, 0.5) is 0 Å². The van der Waals surface area contributed by atoms with E-state index in [-0.39, 0.29) is 6.04 Å². The number of nitrogens with zero attached hydrogens (tertiary/aromatic N) is 1. The lowest BCUT2D eigenvalue weighted by Gasteiger charge is -2.04. The molecule has 0 saturated carbocycles. The highest BCUT2D eigenvalue weighted by Crippen LogP contribution is 2.21. The van der Waals surface area contributed by atoms with E-state index in [9.17, 15) is 0 Å². The highest BCUT2D eigenvalue weighted by atomic mass is 35.5. The number of nitrogens with two attached hydrogens (primary N) is 1. The number of benzene rings is 1. The SMILES string of the molecule is CC(N)Cc1ccc2c(Cl)[nH]nc2c1. The van der Waals surface area contributed by atoms with Crippen LogP contribution >= 0.6 is 11.6 Å². The summed E-state index contributed by atoms with van der Waals surface area (Å²) in [6.07, 6.45) is 0.862. The van der Waals surface area contributed by atoms with Crippen LogP contribution in [0.25, 0.3) is 10.9 Å². The summed E-state index contributed by atoms with van der Waals surface area (Å²) < 4.78 is 0. The molecule has 2 rings (SSSR count). The van der Waals surface area contributed by atoms with Gasteiger partial charge in [-0.3, -0.25) is 5.10 Å². The molecule has 0 aliphatic carbocycles. The zero-order chi connectivity index (χ0) is 10.1. The predicted octanol–water partition coefficient (Wildman–Crippen LogP) is 2.11. The smallest absolute Gasteiger partial charge is 0.132 e. The molecule has 1 heterocycles. The molecule has 4 heteroatoms. The Morgan fingerprint density at radius 2 is 2.36 bits per heavy atom. The number of H-pyrrole nitrogens is 1. The minimum Gasteiger partial charge on any atom is -0.328 e. The van der Waals surface area contributed by atoms with Gasteiger partial charge in [-0.1, -0.05) is 17.7 Å². The topological polar surface area (TPSA) is 54.7 Å². The van der Waals surface area contributed by atoms with Gasteiger partial charge in [0.1, 0.15) is 5.15 Å². The Morgan fingerprint density at radius 3 is 3.07 bits per heavy atom. The summed E-state index contributed by atoms with van der Waals surface area (Å²) in [6.45, 7) is 1.99. The van der Waals surface area contributed by atoms with Crippen LogP contribution in [0.3, 0.4) is 0 Å². The molecular formula is C10H12ClN3. The van der Waals surface area contributed by atoms with Crippen LogP contribution in [0.2, 0.25) is 5.15 Å². The first-order valence-electron chi connectivity index (χ1n) is 4.55. The lowest BCUT2D eigenvalue weighted by atomic mass is 10.1. The van der Waals surface area contributed by atoms with E-state index in [4.69, 9.17) is 17.3 Å². The molecule has 1 aromatic carbocycles. The third-order valence-corrected chi connectivity index (χ3v) is 2.42. The summed E-state index contributed by atoms with van der Waals surface area (Å²) in [5.41, 5.74) is 7.81. The lowest BCUT2D eigenvalue weighted by molar-refractivity contribution is 0.738. The molecular weight excluding hydrogens is 198 g/mol. The zero-order valence-electron chi connectivity index (χ0n) is 7.92. The van der Waals surface area contributed by atoms with E-state index in [1.54, 1.807) is 0 Å². The standard InChI is InChI=1S/C10H12ClN3/c1-6(12)4-7-2-3-8-9(5-7)13-14-10(8)11/h2-3,5-6H,4,12H2,1H3,(H,13,14). The van der Waals surface area contributed by atoms with Crippen molar-refractivity contribution in [3.8, 4) is 0 Å². The number of nitrogens with one attached hydrogen (secondary N) is 1. The Bertz CT molecular complexity index is 448. The Balaban J connectivity index is 2.42. The van der Waals surface area contributed by atoms with E-state index >= 15 is 0 Å². The van der Waals surface area contributed by atoms with Gasteiger partial charge in [-0.05, 0) is 31.0 Å². The highest BCUT2D eigenvalue weighted by Gasteiger charge is 2.04. The number of rotatable bonds is 2. The first-order valence-corrected chi connectivity index (χ1v) is 4.92. The van der Waals surface area contributed by atoms with E-state index in [0.29, 0.717) is 5.15 Å². The van der Waals surface area contributed by atoms with Crippen molar-refractivity contribution < 1.29 is 0 Å². The second-order valence-corrected chi connectivity index (χ2v) is 3.95. The van der Waals surface area contributed by atoms with Crippen LogP contribution in [0.5, 0.6) is 0 Å². The van der Waals surface area contributed by atoms with Crippen molar-refractivity contribution >= 4 is 22.5 Å². The van der Waals surface area contributed by atoms with Gasteiger partial charge in [0, 0.05) is 11.4 Å². The van der Waals surface area contributed by atoms with Crippen LogP contribution in [-0.2, 0) is 6.42 Å². The quantitative estimate of drug-likeness (QED) is 0.796. The molecule has 0 saturated heterocycles. The molecule has 0 aliphatic rings. The molecule has 3 nitrogen and oxygen atoms in total. The Labute approximate surface area is 87.2 Å². The summed E-state index contributed by atoms with van der Waals surface area (Å²) in [4.78, 5) is 0. The molecule has 1 aromatic heterocycles. The first kappa shape index (κ1) is 9.49. The molecule has 0 fully saturated rings. The third kappa shape index (κ3) is 1.74. The molecule has 1 atom stereocenters. The van der Waals surface area contributed by atoms with Crippen molar-refractivity contribution in [3.05, 3.63) is 28.9 Å². The molecule has 2 aromatic rings. The molecule has 0 aliphatic heterocycles. The van der Waals surface area contributed by atoms with Crippen LogP contribution in [0, 0.1) is 0 Å². The van der Waals surface area contributed by atoms with Gasteiger partial charge in [-0.25, -0.2) is 0 Å². The van der Waals surface area contributed by atoms with Crippen molar-refractivity contribution in [2.24, 2.45) is 5.73 Å². The van der Waals surface area contributed by atoms with Crippen molar-refractivity contribution in [1.29, 1.82) is 0 Å². The molecule has 14 heavy (non-hydrogen) atoms. The monoisotopic (exact) mass is 209 g/mol. The maximum absolute atomic E-state index is 5.89. The summed E-state index contributed by atoms with van der Waals surface area (Å²) in [7, 11) is 0. The van der Waals surface area contributed by atoms with Crippen molar-refractivity contribution in [2.45, 2.75) is 19.4 Å². The van der Waals surface area contributed by atoms with E-state index in [1.807, 2.05) is 25.1 Å². The van der Waals surface area contributed by atoms with Gasteiger partial charge in [-0.2, -0.15) is 5.10 Å². The zero-order valence-corrected chi connectivity index (χ0v) is 8.67. The van der Waals surface area contributed by atoms with Gasteiger partial charge in [0.25, 0.3) is 0 Å². The number of aromatic amines is 1. The number of hydrogen-bond donors (Lipinski definition) is 2. The summed E-state index contributed by atoms with van der Waals surface area (Å²) in [5, 5.41) is 8.38. The van der Waals surface area contributed by atoms with Crippen LogP contribution in [-0.4, -0.2) is 16.2 Å². The summed E-state index contributed by atoms with van der Waals surface area (Å²) in [5.74, 6) is 0. The van der Waals surface area contributed by atoms with Crippen molar-refractivity contribution in [1.82, 2.24) is 10.2 Å². The Morgan fingerprint density at radius 1 is 1.57 bits per heavy atom. The molecule has 0 amide bonds. The summed E-state index contributed by atoms with van der Waals surface area (Å²) >= 11 is 5.89.